The second-order valence-corrected chi connectivity index (χ2v) is 7.41. The number of para-hydroxylation sites is 1. The van der Waals surface area contributed by atoms with E-state index in [-0.39, 0.29) is 36.2 Å². The monoisotopic (exact) mass is 408 g/mol. The normalized spacial score (nSPS) is 13.2. The van der Waals surface area contributed by atoms with Crippen LogP contribution in [0.25, 0.3) is 0 Å². The highest BCUT2D eigenvalue weighted by molar-refractivity contribution is 7.51. The molecule has 1 amide bonds. The molecule has 1 unspecified atom stereocenters. The third-order valence-corrected chi connectivity index (χ3v) is 3.76. The molecule has 6 N–H and O–H groups in total. The van der Waals surface area contributed by atoms with Crippen molar-refractivity contribution in [3.8, 4) is 5.75 Å². The van der Waals surface area contributed by atoms with Crippen molar-refractivity contribution in [1.82, 2.24) is 4.98 Å². The van der Waals surface area contributed by atoms with Crippen LogP contribution in [0.5, 0.6) is 5.75 Å². The summed E-state index contributed by atoms with van der Waals surface area (Å²) in [4.78, 5) is 24.7. The molecular formula is C16H21N6O5P. The van der Waals surface area contributed by atoms with Crippen molar-refractivity contribution in [3.63, 3.8) is 0 Å². The topological polar surface area (TPSA) is 175 Å². The summed E-state index contributed by atoms with van der Waals surface area (Å²) in [5, 5.41) is 10.7. The Hall–Kier alpha value is -2.85. The van der Waals surface area contributed by atoms with Gasteiger partial charge in [0, 0.05) is 19.6 Å². The maximum atomic E-state index is 11.5. The first-order valence-electron chi connectivity index (χ1n) is 8.13. The molecule has 2 aromatic rings. The van der Waals surface area contributed by atoms with Gasteiger partial charge in [0.2, 0.25) is 5.91 Å². The number of azo groups is 1. The molecule has 0 fully saturated rings. The summed E-state index contributed by atoms with van der Waals surface area (Å²) in [5.41, 5.74) is 11.8. The number of hydrogen-bond donors (Lipinski definition) is 4. The van der Waals surface area contributed by atoms with E-state index >= 15 is 0 Å². The number of amides is 1. The Balaban J connectivity index is 2.09. The van der Waals surface area contributed by atoms with Crippen molar-refractivity contribution in [1.29, 1.82) is 0 Å². The number of nitrogen functional groups attached to an aromatic ring is 1. The lowest BCUT2D eigenvalue weighted by atomic mass is 10.3. The molecule has 150 valence electrons. The van der Waals surface area contributed by atoms with Crippen molar-refractivity contribution in [2.45, 2.75) is 6.42 Å². The number of carbonyl (C=O) groups excluding carboxylic acids is 1. The molecule has 0 aliphatic rings. The van der Waals surface area contributed by atoms with Gasteiger partial charge in [-0.15, -0.1) is 10.2 Å². The third kappa shape index (κ3) is 7.05. The minimum Gasteiger partial charge on any atom is -0.465 e. The Labute approximate surface area is 161 Å². The van der Waals surface area contributed by atoms with Crippen LogP contribution in [0.1, 0.15) is 6.42 Å². The summed E-state index contributed by atoms with van der Waals surface area (Å²) in [7, 11) is -3.65. The molecule has 1 atom stereocenters. The van der Waals surface area contributed by atoms with Crippen LogP contribution in [0.15, 0.2) is 46.6 Å². The molecule has 2 rings (SSSR count). The molecule has 12 heteroatoms. The zero-order chi connectivity index (χ0) is 20.6. The molecular weight excluding hydrogens is 387 g/mol. The summed E-state index contributed by atoms with van der Waals surface area (Å²) >= 11 is 0. The van der Waals surface area contributed by atoms with Crippen LogP contribution in [0.2, 0.25) is 0 Å². The minimum absolute atomic E-state index is 0.0724. The van der Waals surface area contributed by atoms with Crippen LogP contribution >= 0.6 is 7.60 Å². The number of nitrogens with one attached hydrogen (secondary N) is 1. The molecule has 1 aromatic carbocycles. The zero-order valence-corrected chi connectivity index (χ0v) is 16.0. The van der Waals surface area contributed by atoms with Crippen molar-refractivity contribution in [2.24, 2.45) is 16.0 Å². The van der Waals surface area contributed by atoms with Gasteiger partial charge in [0.1, 0.15) is 22.9 Å². The van der Waals surface area contributed by atoms with Gasteiger partial charge in [-0.25, -0.2) is 4.98 Å². The Morgan fingerprint density at radius 1 is 1.25 bits per heavy atom. The first-order valence-corrected chi connectivity index (χ1v) is 10.2. The van der Waals surface area contributed by atoms with Crippen LogP contribution < -0.4 is 21.5 Å². The fourth-order valence-electron chi connectivity index (χ4n) is 1.92. The number of ether oxygens (including phenoxy) is 1. The van der Waals surface area contributed by atoms with Gasteiger partial charge < -0.3 is 26.4 Å². The number of benzene rings is 1. The quantitative estimate of drug-likeness (QED) is 0.278. The number of rotatable bonds is 9. The number of hydrogen-bond acceptors (Lipinski definition) is 9. The van der Waals surface area contributed by atoms with Crippen LogP contribution in [0, 0.1) is 0 Å². The predicted octanol–water partition coefficient (Wildman–Crippen LogP) is 2.53. The highest BCUT2D eigenvalue weighted by Gasteiger charge is 2.11. The van der Waals surface area contributed by atoms with Gasteiger partial charge in [-0.05, 0) is 24.3 Å². The first-order chi connectivity index (χ1) is 13.3. The van der Waals surface area contributed by atoms with Gasteiger partial charge in [-0.3, -0.25) is 13.9 Å². The summed E-state index contributed by atoms with van der Waals surface area (Å²) < 4.78 is 21.1. The highest BCUT2D eigenvalue weighted by atomic mass is 31.2. The molecule has 0 saturated heterocycles. The second-order valence-electron chi connectivity index (χ2n) is 5.55. The van der Waals surface area contributed by atoms with Gasteiger partial charge in [0.05, 0.1) is 0 Å². The molecule has 0 aliphatic carbocycles. The lowest BCUT2D eigenvalue weighted by Gasteiger charge is -2.10. The van der Waals surface area contributed by atoms with Crippen molar-refractivity contribution in [2.75, 3.05) is 31.1 Å². The number of carbonyl (C=O) groups is 1. The van der Waals surface area contributed by atoms with Gasteiger partial charge >= 0.3 is 7.60 Å². The Morgan fingerprint density at radius 3 is 2.64 bits per heavy atom. The van der Waals surface area contributed by atoms with E-state index in [0.29, 0.717) is 11.4 Å². The first kappa shape index (κ1) is 21.5. The largest absolute Gasteiger partial charge is 0.465 e. The van der Waals surface area contributed by atoms with Gasteiger partial charge in [0.25, 0.3) is 0 Å². The zero-order valence-electron chi connectivity index (χ0n) is 15.1. The van der Waals surface area contributed by atoms with E-state index in [9.17, 15) is 9.36 Å². The fraction of sp³-hybridized carbons (Fsp3) is 0.250. The Morgan fingerprint density at radius 2 is 1.96 bits per heavy atom. The van der Waals surface area contributed by atoms with Crippen LogP contribution in [-0.4, -0.2) is 35.8 Å². The molecule has 1 heterocycles. The number of nitrogens with two attached hydrogens (primary N) is 2. The Bertz CT molecular complexity index is 901. The SMILES string of the molecule is CP(=O)(O)OCOc1ccccc1N=Nc1ccc(NC(=O)CCN)nc1N. The van der Waals surface area contributed by atoms with E-state index < -0.39 is 14.4 Å². The van der Waals surface area contributed by atoms with Gasteiger partial charge in [0.15, 0.2) is 12.6 Å². The maximum Gasteiger partial charge on any atom is 0.327 e. The molecule has 0 aliphatic heterocycles. The van der Waals surface area contributed by atoms with Crippen molar-refractivity contribution < 1.29 is 23.5 Å². The fourth-order valence-corrected chi connectivity index (χ4v) is 2.16. The minimum atomic E-state index is -3.65. The summed E-state index contributed by atoms with van der Waals surface area (Å²) in [6, 6.07) is 9.75. The molecule has 0 spiro atoms. The maximum absolute atomic E-state index is 11.5. The summed E-state index contributed by atoms with van der Waals surface area (Å²) in [5.74, 6) is 0.389. The highest BCUT2D eigenvalue weighted by Crippen LogP contribution is 2.37. The summed E-state index contributed by atoms with van der Waals surface area (Å²) in [6.07, 6.45) is 0.174. The van der Waals surface area contributed by atoms with E-state index in [0.717, 1.165) is 6.66 Å². The van der Waals surface area contributed by atoms with Crippen LogP contribution in [-0.2, 0) is 13.9 Å². The molecule has 11 nitrogen and oxygen atoms in total. The smallest absolute Gasteiger partial charge is 0.327 e. The van der Waals surface area contributed by atoms with Gasteiger partial charge in [-0.2, -0.15) is 0 Å². The molecule has 28 heavy (non-hydrogen) atoms. The average Bonchev–Trinajstić information content (AvgIpc) is 2.61. The molecule has 0 radical (unpaired) electrons. The predicted molar refractivity (Wildman–Crippen MR) is 104 cm³/mol. The Kier molecular flexibility index (Phi) is 7.59. The lowest BCUT2D eigenvalue weighted by Crippen LogP contribution is -2.17. The molecule has 0 bridgehead atoms. The lowest BCUT2D eigenvalue weighted by molar-refractivity contribution is -0.116. The van der Waals surface area contributed by atoms with Crippen molar-refractivity contribution >= 4 is 36.5 Å². The standard InChI is InChI=1S/C16H21N6O5P/c1-28(24,25)27-10-26-13-5-3-2-4-11(13)21-22-12-6-7-14(20-16(12)18)19-15(23)8-9-17/h2-7H,8-10,17H2,1H3,(H,24,25)(H3,18,19,20,23). The van der Waals surface area contributed by atoms with E-state index in [1.807, 2.05) is 0 Å². The van der Waals surface area contributed by atoms with Crippen LogP contribution in [0.4, 0.5) is 23.0 Å². The summed E-state index contributed by atoms with van der Waals surface area (Å²) in [6.45, 7) is 0.867. The number of pyridine rings is 1. The third-order valence-electron chi connectivity index (χ3n) is 3.18. The van der Waals surface area contributed by atoms with Crippen molar-refractivity contribution in [3.05, 3.63) is 36.4 Å². The van der Waals surface area contributed by atoms with E-state index in [2.05, 4.69) is 25.1 Å². The van der Waals surface area contributed by atoms with E-state index in [4.69, 9.17) is 21.1 Å². The van der Waals surface area contributed by atoms with Crippen LogP contribution in [0.3, 0.4) is 0 Å². The number of aromatic nitrogens is 1. The number of anilines is 2. The van der Waals surface area contributed by atoms with Gasteiger partial charge in [-0.1, -0.05) is 12.1 Å². The van der Waals surface area contributed by atoms with E-state index in [1.54, 1.807) is 30.3 Å². The number of nitrogens with zero attached hydrogens (tertiary/aromatic N) is 3. The van der Waals surface area contributed by atoms with E-state index in [1.165, 1.54) is 6.07 Å². The molecule has 1 aromatic heterocycles. The average molecular weight is 408 g/mol. The second kappa shape index (κ2) is 9.90. The molecule has 0 saturated carbocycles.